The molecule has 2 aromatic rings. The van der Waals surface area contributed by atoms with Crippen LogP contribution >= 0.6 is 0 Å². The number of benzene rings is 2. The van der Waals surface area contributed by atoms with E-state index < -0.39 is 46.5 Å². The van der Waals surface area contributed by atoms with E-state index in [-0.39, 0.29) is 35.8 Å². The molecule has 0 bridgehead atoms. The number of halogens is 7. The number of hydrogen-bond donors (Lipinski definition) is 0. The molecule has 2 aliphatic rings. The van der Waals surface area contributed by atoms with E-state index in [0.717, 1.165) is 12.1 Å². The molecule has 3 nitrogen and oxygen atoms in total. The average molecular weight is 464 g/mol. The van der Waals surface area contributed by atoms with Crippen molar-refractivity contribution in [2.24, 2.45) is 5.92 Å². The molecule has 32 heavy (non-hydrogen) atoms. The van der Waals surface area contributed by atoms with E-state index in [4.69, 9.17) is 9.47 Å². The van der Waals surface area contributed by atoms with Gasteiger partial charge in [-0.1, -0.05) is 0 Å². The monoisotopic (exact) mass is 464 g/mol. The van der Waals surface area contributed by atoms with Gasteiger partial charge in [-0.25, -0.2) is 22.0 Å². The van der Waals surface area contributed by atoms with Gasteiger partial charge in [0, 0.05) is 18.1 Å². The summed E-state index contributed by atoms with van der Waals surface area (Å²) in [6.07, 6.45) is -2.34. The van der Waals surface area contributed by atoms with Crippen molar-refractivity contribution in [2.75, 3.05) is 13.2 Å². The molecule has 174 valence electrons. The van der Waals surface area contributed by atoms with Crippen molar-refractivity contribution in [3.05, 3.63) is 64.5 Å². The molecule has 1 aliphatic heterocycles. The van der Waals surface area contributed by atoms with E-state index in [2.05, 4.69) is 4.74 Å². The van der Waals surface area contributed by atoms with Crippen LogP contribution in [0.4, 0.5) is 30.7 Å². The minimum atomic E-state index is -4.60. The summed E-state index contributed by atoms with van der Waals surface area (Å²) in [5.41, 5.74) is -1.47. The Hall–Kier alpha value is -2.33. The summed E-state index contributed by atoms with van der Waals surface area (Å²) in [7, 11) is 0. The summed E-state index contributed by atoms with van der Waals surface area (Å²) in [6.45, 7) is 1.05. The minimum absolute atomic E-state index is 0.159. The Morgan fingerprint density at radius 3 is 1.81 bits per heavy atom. The van der Waals surface area contributed by atoms with Crippen LogP contribution in [0.5, 0.6) is 5.75 Å². The average Bonchev–Trinajstić information content (AvgIpc) is 3.26. The second-order valence-corrected chi connectivity index (χ2v) is 7.90. The summed E-state index contributed by atoms with van der Waals surface area (Å²) in [5, 5.41) is 0. The van der Waals surface area contributed by atoms with E-state index in [1.54, 1.807) is 0 Å². The number of alkyl halides is 2. The van der Waals surface area contributed by atoms with Crippen LogP contribution < -0.4 is 4.74 Å². The van der Waals surface area contributed by atoms with Crippen molar-refractivity contribution in [1.82, 2.24) is 0 Å². The molecule has 0 amide bonds. The Morgan fingerprint density at radius 2 is 1.28 bits per heavy atom. The first-order valence-electron chi connectivity index (χ1n) is 10.1. The summed E-state index contributed by atoms with van der Waals surface area (Å²) >= 11 is 0. The Labute approximate surface area is 179 Å². The molecule has 10 heteroatoms. The first kappa shape index (κ1) is 22.8. The first-order chi connectivity index (χ1) is 15.2. The predicted molar refractivity (Wildman–Crippen MR) is 97.6 cm³/mol. The topological polar surface area (TPSA) is 27.7 Å². The fraction of sp³-hybridized carbons (Fsp3) is 0.455. The van der Waals surface area contributed by atoms with Crippen molar-refractivity contribution in [3.8, 4) is 5.75 Å². The van der Waals surface area contributed by atoms with Gasteiger partial charge in [-0.15, -0.1) is 0 Å². The van der Waals surface area contributed by atoms with Crippen LogP contribution in [-0.4, -0.2) is 19.5 Å². The number of rotatable bonds is 5. The summed E-state index contributed by atoms with van der Waals surface area (Å²) in [6, 6.07) is 1.95. The third kappa shape index (κ3) is 4.56. The highest BCUT2D eigenvalue weighted by molar-refractivity contribution is 5.33. The maximum atomic E-state index is 14.6. The van der Waals surface area contributed by atoms with Crippen molar-refractivity contribution in [2.45, 2.75) is 44.0 Å². The lowest BCUT2D eigenvalue weighted by molar-refractivity contribution is -0.189. The normalized spacial score (nSPS) is 22.3. The Morgan fingerprint density at radius 1 is 0.750 bits per heavy atom. The van der Waals surface area contributed by atoms with Gasteiger partial charge < -0.3 is 14.2 Å². The van der Waals surface area contributed by atoms with Crippen molar-refractivity contribution in [3.63, 3.8) is 0 Å². The van der Waals surface area contributed by atoms with Gasteiger partial charge in [0.1, 0.15) is 22.9 Å². The van der Waals surface area contributed by atoms with E-state index in [0.29, 0.717) is 38.9 Å². The van der Waals surface area contributed by atoms with Crippen LogP contribution in [0.1, 0.15) is 42.7 Å². The largest absolute Gasteiger partial charge is 0.432 e. The molecule has 4 rings (SSSR count). The molecule has 0 aromatic heterocycles. The van der Waals surface area contributed by atoms with Gasteiger partial charge >= 0.3 is 6.11 Å². The zero-order valence-electron chi connectivity index (χ0n) is 16.7. The highest BCUT2D eigenvalue weighted by Gasteiger charge is 2.42. The number of hydrogen-bond acceptors (Lipinski definition) is 3. The molecule has 1 aliphatic carbocycles. The lowest BCUT2D eigenvalue weighted by Crippen LogP contribution is -2.27. The molecule has 1 saturated carbocycles. The fourth-order valence-electron chi connectivity index (χ4n) is 4.27. The van der Waals surface area contributed by atoms with Crippen LogP contribution in [0, 0.1) is 35.0 Å². The molecule has 0 N–H and O–H groups in total. The van der Waals surface area contributed by atoms with Crippen molar-refractivity contribution in [1.29, 1.82) is 0 Å². The maximum Gasteiger partial charge on any atom is 0.432 e. The molecular weight excluding hydrogens is 445 g/mol. The van der Waals surface area contributed by atoms with E-state index in [9.17, 15) is 30.7 Å². The fourth-order valence-corrected chi connectivity index (χ4v) is 4.27. The second kappa shape index (κ2) is 8.90. The molecule has 0 radical (unpaired) electrons. The molecule has 1 heterocycles. The minimum Gasteiger partial charge on any atom is -0.429 e. The van der Waals surface area contributed by atoms with Gasteiger partial charge in [0.05, 0.1) is 13.2 Å². The number of ether oxygens (including phenoxy) is 3. The van der Waals surface area contributed by atoms with Gasteiger partial charge in [0.15, 0.2) is 23.7 Å². The molecule has 0 unspecified atom stereocenters. The van der Waals surface area contributed by atoms with Crippen LogP contribution in [0.2, 0.25) is 0 Å². The lowest BCUT2D eigenvalue weighted by atomic mass is 9.78. The zero-order chi connectivity index (χ0) is 23.0. The van der Waals surface area contributed by atoms with Gasteiger partial charge in [-0.3, -0.25) is 0 Å². The Bertz CT molecular complexity index is 937. The van der Waals surface area contributed by atoms with Crippen molar-refractivity contribution >= 4 is 0 Å². The lowest BCUT2D eigenvalue weighted by Gasteiger charge is -2.31. The third-order valence-electron chi connectivity index (χ3n) is 5.83. The zero-order valence-corrected chi connectivity index (χ0v) is 16.7. The van der Waals surface area contributed by atoms with E-state index >= 15 is 0 Å². The Kier molecular flexibility index (Phi) is 6.35. The van der Waals surface area contributed by atoms with Gasteiger partial charge in [0.25, 0.3) is 0 Å². The SMILES string of the molecule is Fc1cc(OC(F)(F)c2c(F)cc(C3CCC(C4OCCO4)CC3)cc2F)cc(F)c1F. The quantitative estimate of drug-likeness (QED) is 0.392. The van der Waals surface area contributed by atoms with E-state index in [1.807, 2.05) is 0 Å². The van der Waals surface area contributed by atoms with E-state index in [1.165, 1.54) is 0 Å². The molecule has 2 aromatic carbocycles. The first-order valence-corrected chi connectivity index (χ1v) is 10.1. The second-order valence-electron chi connectivity index (χ2n) is 7.90. The van der Waals surface area contributed by atoms with Crippen LogP contribution in [0.15, 0.2) is 24.3 Å². The molecule has 0 atom stereocenters. The summed E-state index contributed by atoms with van der Waals surface area (Å²) in [4.78, 5) is 0. The molecule has 0 spiro atoms. The molecular formula is C22H19F7O3. The van der Waals surface area contributed by atoms with Gasteiger partial charge in [-0.05, 0) is 49.3 Å². The van der Waals surface area contributed by atoms with Gasteiger partial charge in [0.2, 0.25) is 0 Å². The Balaban J connectivity index is 1.51. The highest BCUT2D eigenvalue weighted by Crippen LogP contribution is 2.41. The molecule has 2 fully saturated rings. The molecule has 1 saturated heterocycles. The summed E-state index contributed by atoms with van der Waals surface area (Å²) in [5.74, 6) is -9.76. The standard InChI is InChI=1S/C22H19F7O3/c23-15-7-13(11-1-3-12(4-2-11)21-30-5-6-31-21)8-16(24)19(15)22(28,29)32-14-9-17(25)20(27)18(26)10-14/h7-12,21H,1-6H2. The van der Waals surface area contributed by atoms with Crippen LogP contribution in [0.25, 0.3) is 0 Å². The third-order valence-corrected chi connectivity index (χ3v) is 5.83. The highest BCUT2D eigenvalue weighted by atomic mass is 19.3. The smallest absolute Gasteiger partial charge is 0.429 e. The maximum absolute atomic E-state index is 14.6. The van der Waals surface area contributed by atoms with Gasteiger partial charge in [-0.2, -0.15) is 8.78 Å². The van der Waals surface area contributed by atoms with Crippen LogP contribution in [-0.2, 0) is 15.6 Å². The summed E-state index contributed by atoms with van der Waals surface area (Å²) < 4.78 is 113. The predicted octanol–water partition coefficient (Wildman–Crippen LogP) is 6.16. The van der Waals surface area contributed by atoms with Crippen LogP contribution in [0.3, 0.4) is 0 Å². The van der Waals surface area contributed by atoms with Crippen molar-refractivity contribution < 1.29 is 44.9 Å².